The lowest BCUT2D eigenvalue weighted by Gasteiger charge is -2.40. The van der Waals surface area contributed by atoms with Crippen molar-refractivity contribution in [3.05, 3.63) is 30.1 Å². The third kappa shape index (κ3) is 2.34. The van der Waals surface area contributed by atoms with E-state index < -0.39 is 11.5 Å². The molecule has 1 unspecified atom stereocenters. The van der Waals surface area contributed by atoms with Crippen molar-refractivity contribution in [3.8, 4) is 0 Å². The number of amides is 1. The van der Waals surface area contributed by atoms with Gasteiger partial charge < -0.3 is 10.0 Å². The SMILES string of the molecule is CC(=O)N(C(C)C)C(C)(C(=O)O)c1cccnc1. The molecule has 1 atom stereocenters. The molecule has 1 heterocycles. The second-order valence-electron chi connectivity index (χ2n) is 4.60. The summed E-state index contributed by atoms with van der Waals surface area (Å²) in [6.07, 6.45) is 3.05. The van der Waals surface area contributed by atoms with E-state index in [0.29, 0.717) is 5.56 Å². The summed E-state index contributed by atoms with van der Waals surface area (Å²) in [6.45, 7) is 6.48. The van der Waals surface area contributed by atoms with E-state index in [1.54, 1.807) is 32.2 Å². The molecular weight excluding hydrogens is 232 g/mol. The number of carbonyl (C=O) groups is 2. The monoisotopic (exact) mass is 250 g/mol. The van der Waals surface area contributed by atoms with Crippen LogP contribution in [0, 0.1) is 0 Å². The lowest BCUT2D eigenvalue weighted by molar-refractivity contribution is -0.160. The van der Waals surface area contributed by atoms with Crippen LogP contribution < -0.4 is 0 Å². The molecule has 0 aliphatic carbocycles. The summed E-state index contributed by atoms with van der Waals surface area (Å²) in [5.74, 6) is -1.35. The Morgan fingerprint density at radius 3 is 2.39 bits per heavy atom. The summed E-state index contributed by atoms with van der Waals surface area (Å²) in [5, 5.41) is 9.53. The smallest absolute Gasteiger partial charge is 0.334 e. The highest BCUT2D eigenvalue weighted by Gasteiger charge is 2.44. The third-order valence-corrected chi connectivity index (χ3v) is 2.98. The fourth-order valence-corrected chi connectivity index (χ4v) is 2.21. The van der Waals surface area contributed by atoms with Gasteiger partial charge in [0.15, 0.2) is 5.54 Å². The molecule has 1 aromatic rings. The normalized spacial score (nSPS) is 14.1. The fraction of sp³-hybridized carbons (Fsp3) is 0.462. The van der Waals surface area contributed by atoms with E-state index in [-0.39, 0.29) is 11.9 Å². The second kappa shape index (κ2) is 5.16. The third-order valence-electron chi connectivity index (χ3n) is 2.98. The number of carbonyl (C=O) groups excluding carboxylic acids is 1. The first-order valence-electron chi connectivity index (χ1n) is 5.75. The first-order chi connectivity index (χ1) is 8.31. The summed E-state index contributed by atoms with van der Waals surface area (Å²) in [4.78, 5) is 28.7. The lowest BCUT2D eigenvalue weighted by Crippen LogP contribution is -2.55. The zero-order valence-electron chi connectivity index (χ0n) is 11.0. The predicted octanol–water partition coefficient (Wildman–Crippen LogP) is 1.64. The van der Waals surface area contributed by atoms with E-state index >= 15 is 0 Å². The van der Waals surface area contributed by atoms with Crippen LogP contribution in [0.2, 0.25) is 0 Å². The molecule has 1 aromatic heterocycles. The number of carboxylic acid groups (broad SMARTS) is 1. The van der Waals surface area contributed by atoms with Crippen LogP contribution in [0.1, 0.15) is 33.3 Å². The average molecular weight is 250 g/mol. The molecule has 1 amide bonds. The molecule has 0 aromatic carbocycles. The van der Waals surface area contributed by atoms with Crippen molar-refractivity contribution in [2.24, 2.45) is 0 Å². The van der Waals surface area contributed by atoms with Gasteiger partial charge in [-0.3, -0.25) is 9.78 Å². The number of hydrogen-bond donors (Lipinski definition) is 1. The Kier molecular flexibility index (Phi) is 4.06. The number of rotatable bonds is 4. The van der Waals surface area contributed by atoms with Crippen LogP contribution >= 0.6 is 0 Å². The van der Waals surface area contributed by atoms with Crippen molar-refractivity contribution in [1.29, 1.82) is 0 Å². The Labute approximate surface area is 106 Å². The molecule has 0 aliphatic heterocycles. The molecule has 98 valence electrons. The highest BCUT2D eigenvalue weighted by atomic mass is 16.4. The molecule has 1 N–H and O–H groups in total. The molecule has 0 saturated carbocycles. The largest absolute Gasteiger partial charge is 0.479 e. The highest BCUT2D eigenvalue weighted by molar-refractivity contribution is 5.87. The zero-order chi connectivity index (χ0) is 13.9. The number of carboxylic acids is 1. The molecule has 0 aliphatic rings. The van der Waals surface area contributed by atoms with Crippen molar-refractivity contribution in [2.75, 3.05) is 0 Å². The summed E-state index contributed by atoms with van der Waals surface area (Å²) >= 11 is 0. The van der Waals surface area contributed by atoms with Crippen LogP contribution in [0.15, 0.2) is 24.5 Å². The van der Waals surface area contributed by atoms with Gasteiger partial charge >= 0.3 is 5.97 Å². The van der Waals surface area contributed by atoms with Gasteiger partial charge in [-0.1, -0.05) is 6.07 Å². The molecule has 18 heavy (non-hydrogen) atoms. The summed E-state index contributed by atoms with van der Waals surface area (Å²) in [6, 6.07) is 3.11. The Morgan fingerprint density at radius 1 is 1.44 bits per heavy atom. The topological polar surface area (TPSA) is 70.5 Å². The average Bonchev–Trinajstić information content (AvgIpc) is 2.28. The van der Waals surface area contributed by atoms with E-state index in [1.807, 2.05) is 0 Å². The van der Waals surface area contributed by atoms with Crippen molar-refractivity contribution < 1.29 is 14.7 Å². The molecule has 0 fully saturated rings. The van der Waals surface area contributed by atoms with Gasteiger partial charge in [0.1, 0.15) is 0 Å². The lowest BCUT2D eigenvalue weighted by atomic mass is 9.90. The minimum absolute atomic E-state index is 0.219. The van der Waals surface area contributed by atoms with Crippen molar-refractivity contribution in [1.82, 2.24) is 9.88 Å². The van der Waals surface area contributed by atoms with Crippen LogP contribution in [0.4, 0.5) is 0 Å². The van der Waals surface area contributed by atoms with Crippen LogP contribution in [0.25, 0.3) is 0 Å². The Bertz CT molecular complexity index is 445. The van der Waals surface area contributed by atoms with Gasteiger partial charge in [0.25, 0.3) is 0 Å². The standard InChI is InChI=1S/C13H18N2O3/c1-9(2)15(10(3)16)13(4,12(17)18)11-6-5-7-14-8-11/h5-9H,1-4H3,(H,17,18). The first kappa shape index (κ1) is 14.2. The second-order valence-corrected chi connectivity index (χ2v) is 4.60. The molecule has 0 saturated heterocycles. The molecule has 5 heteroatoms. The van der Waals surface area contributed by atoms with E-state index in [1.165, 1.54) is 24.9 Å². The van der Waals surface area contributed by atoms with Gasteiger partial charge in [-0.2, -0.15) is 0 Å². The van der Waals surface area contributed by atoms with Gasteiger partial charge in [-0.15, -0.1) is 0 Å². The fourth-order valence-electron chi connectivity index (χ4n) is 2.21. The Morgan fingerprint density at radius 2 is 2.06 bits per heavy atom. The van der Waals surface area contributed by atoms with Crippen LogP contribution in [0.5, 0.6) is 0 Å². The first-order valence-corrected chi connectivity index (χ1v) is 5.75. The molecular formula is C13H18N2O3. The van der Waals surface area contributed by atoms with E-state index in [4.69, 9.17) is 0 Å². The summed E-state index contributed by atoms with van der Waals surface area (Å²) in [5.41, 5.74) is -0.921. The summed E-state index contributed by atoms with van der Waals surface area (Å²) < 4.78 is 0. The van der Waals surface area contributed by atoms with Crippen LogP contribution in [-0.2, 0) is 15.1 Å². The molecule has 0 spiro atoms. The number of aromatic nitrogens is 1. The van der Waals surface area contributed by atoms with E-state index in [2.05, 4.69) is 4.98 Å². The van der Waals surface area contributed by atoms with E-state index in [9.17, 15) is 14.7 Å². The van der Waals surface area contributed by atoms with Crippen molar-refractivity contribution >= 4 is 11.9 Å². The quantitative estimate of drug-likeness (QED) is 0.881. The molecule has 0 radical (unpaired) electrons. The maximum atomic E-state index is 11.8. The Hall–Kier alpha value is -1.91. The van der Waals surface area contributed by atoms with Crippen molar-refractivity contribution in [3.63, 3.8) is 0 Å². The minimum atomic E-state index is -1.41. The number of pyridine rings is 1. The van der Waals surface area contributed by atoms with Gasteiger partial charge in [-0.05, 0) is 26.8 Å². The highest BCUT2D eigenvalue weighted by Crippen LogP contribution is 2.30. The van der Waals surface area contributed by atoms with E-state index in [0.717, 1.165) is 0 Å². The van der Waals surface area contributed by atoms with Gasteiger partial charge in [0, 0.05) is 30.9 Å². The molecule has 5 nitrogen and oxygen atoms in total. The predicted molar refractivity (Wildman–Crippen MR) is 66.9 cm³/mol. The van der Waals surface area contributed by atoms with Crippen molar-refractivity contribution in [2.45, 2.75) is 39.3 Å². The molecule has 1 rings (SSSR count). The van der Waals surface area contributed by atoms with Gasteiger partial charge in [0.05, 0.1) is 0 Å². The number of nitrogens with zero attached hydrogens (tertiary/aromatic N) is 2. The van der Waals surface area contributed by atoms with Gasteiger partial charge in [0.2, 0.25) is 5.91 Å². The van der Waals surface area contributed by atoms with Gasteiger partial charge in [-0.25, -0.2) is 4.79 Å². The number of aliphatic carboxylic acids is 1. The maximum Gasteiger partial charge on any atom is 0.334 e. The van der Waals surface area contributed by atoms with Crippen LogP contribution in [-0.4, -0.2) is 32.9 Å². The zero-order valence-corrected chi connectivity index (χ0v) is 11.0. The number of hydrogen-bond acceptors (Lipinski definition) is 3. The molecule has 0 bridgehead atoms. The summed E-state index contributed by atoms with van der Waals surface area (Å²) in [7, 11) is 0. The van der Waals surface area contributed by atoms with Crippen LogP contribution in [0.3, 0.4) is 0 Å². The Balaban J connectivity index is 3.40. The maximum absolute atomic E-state index is 11.8. The minimum Gasteiger partial charge on any atom is -0.479 e.